The predicted octanol–water partition coefficient (Wildman–Crippen LogP) is 2.55. The summed E-state index contributed by atoms with van der Waals surface area (Å²) in [5.74, 6) is -0.0219. The number of amides is 1. The average molecular weight is 196 g/mol. The van der Waals surface area contributed by atoms with Crippen LogP contribution in [0.1, 0.15) is 40.7 Å². The van der Waals surface area contributed by atoms with E-state index in [1.165, 1.54) is 6.92 Å². The van der Waals surface area contributed by atoms with Gasteiger partial charge in [0.2, 0.25) is 5.91 Å². The lowest BCUT2D eigenvalue weighted by Gasteiger charge is -2.11. The molecule has 14 heavy (non-hydrogen) atoms. The minimum atomic E-state index is -0.0219. The van der Waals surface area contributed by atoms with Crippen molar-refractivity contribution in [2.45, 2.75) is 33.7 Å². The van der Waals surface area contributed by atoms with Crippen molar-refractivity contribution in [1.82, 2.24) is 10.3 Å². The molecular formula is C11H20N2O. The molecule has 0 aromatic carbocycles. The molecule has 1 N–H and O–H groups in total. The molecule has 0 bridgehead atoms. The summed E-state index contributed by atoms with van der Waals surface area (Å²) in [5, 5.41) is 2.78. The van der Waals surface area contributed by atoms with Gasteiger partial charge in [-0.1, -0.05) is 19.9 Å². The van der Waals surface area contributed by atoms with Crippen molar-refractivity contribution >= 4 is 5.91 Å². The molecule has 1 aromatic heterocycles. The van der Waals surface area contributed by atoms with E-state index in [2.05, 4.69) is 10.3 Å². The van der Waals surface area contributed by atoms with Crippen LogP contribution < -0.4 is 5.32 Å². The second-order valence-electron chi connectivity index (χ2n) is 2.71. The summed E-state index contributed by atoms with van der Waals surface area (Å²) in [4.78, 5) is 14.7. The van der Waals surface area contributed by atoms with Gasteiger partial charge in [0.1, 0.15) is 0 Å². The third-order valence-corrected chi connectivity index (χ3v) is 1.60. The molecule has 1 amide bonds. The molecule has 1 aromatic rings. The van der Waals surface area contributed by atoms with E-state index < -0.39 is 0 Å². The van der Waals surface area contributed by atoms with E-state index in [0.717, 1.165) is 5.56 Å². The number of aromatic nitrogens is 1. The zero-order valence-electron chi connectivity index (χ0n) is 9.24. The van der Waals surface area contributed by atoms with E-state index in [0.29, 0.717) is 0 Å². The van der Waals surface area contributed by atoms with E-state index in [9.17, 15) is 4.79 Å². The number of pyridine rings is 1. The monoisotopic (exact) mass is 196 g/mol. The molecule has 0 aliphatic rings. The van der Waals surface area contributed by atoms with Crippen LogP contribution in [0, 0.1) is 0 Å². The number of hydrogen-bond acceptors (Lipinski definition) is 2. The highest BCUT2D eigenvalue weighted by Gasteiger charge is 2.04. The third kappa shape index (κ3) is 4.60. The fourth-order valence-corrected chi connectivity index (χ4v) is 1.02. The lowest BCUT2D eigenvalue weighted by atomic mass is 10.1. The van der Waals surface area contributed by atoms with Gasteiger partial charge in [-0.25, -0.2) is 0 Å². The second kappa shape index (κ2) is 7.06. The minimum Gasteiger partial charge on any atom is -0.350 e. The Morgan fingerprint density at radius 2 is 2.21 bits per heavy atom. The highest BCUT2D eigenvalue weighted by atomic mass is 16.1. The van der Waals surface area contributed by atoms with Crippen LogP contribution >= 0.6 is 0 Å². The summed E-state index contributed by atoms with van der Waals surface area (Å²) in [6, 6.07) is 3.83. The Balaban J connectivity index is 0. The molecule has 3 nitrogen and oxygen atoms in total. The van der Waals surface area contributed by atoms with Crippen LogP contribution in [-0.4, -0.2) is 10.9 Å². The minimum absolute atomic E-state index is 0. The first-order valence-corrected chi connectivity index (χ1v) is 4.87. The smallest absolute Gasteiger partial charge is 0.217 e. The number of carbonyl (C=O) groups is 1. The molecule has 1 rings (SSSR count). The van der Waals surface area contributed by atoms with Crippen molar-refractivity contribution in [3.05, 3.63) is 30.1 Å². The van der Waals surface area contributed by atoms with Crippen molar-refractivity contribution in [2.75, 3.05) is 0 Å². The maximum absolute atomic E-state index is 10.7. The SMILES string of the molecule is CC.CC(=O)N[C@H](C)c1cccnc1.[HH]. The fraction of sp³-hybridized carbons (Fsp3) is 0.455. The molecular weight excluding hydrogens is 176 g/mol. The van der Waals surface area contributed by atoms with Crippen LogP contribution in [0.5, 0.6) is 0 Å². The summed E-state index contributed by atoms with van der Waals surface area (Å²) in [5.41, 5.74) is 1.02. The lowest BCUT2D eigenvalue weighted by Crippen LogP contribution is -2.23. The summed E-state index contributed by atoms with van der Waals surface area (Å²) in [6.07, 6.45) is 3.46. The van der Waals surface area contributed by atoms with Crippen LogP contribution in [0.4, 0.5) is 0 Å². The summed E-state index contributed by atoms with van der Waals surface area (Å²) >= 11 is 0. The Bertz CT molecular complexity index is 265. The molecule has 0 unspecified atom stereocenters. The number of hydrogen-bond donors (Lipinski definition) is 1. The van der Waals surface area contributed by atoms with Gasteiger partial charge in [0.15, 0.2) is 0 Å². The average Bonchev–Trinajstić information content (AvgIpc) is 2.21. The third-order valence-electron chi connectivity index (χ3n) is 1.60. The maximum atomic E-state index is 10.7. The quantitative estimate of drug-likeness (QED) is 0.789. The molecule has 0 aliphatic carbocycles. The first-order chi connectivity index (χ1) is 6.70. The van der Waals surface area contributed by atoms with Crippen molar-refractivity contribution in [2.24, 2.45) is 0 Å². The molecule has 3 heteroatoms. The molecule has 0 spiro atoms. The lowest BCUT2D eigenvalue weighted by molar-refractivity contribution is -0.119. The van der Waals surface area contributed by atoms with Crippen LogP contribution in [0.2, 0.25) is 0 Å². The van der Waals surface area contributed by atoms with Crippen molar-refractivity contribution in [1.29, 1.82) is 0 Å². The molecule has 1 atom stereocenters. The Hall–Kier alpha value is -1.38. The van der Waals surface area contributed by atoms with Gasteiger partial charge in [-0.2, -0.15) is 0 Å². The van der Waals surface area contributed by atoms with E-state index >= 15 is 0 Å². The Labute approximate surface area is 87.0 Å². The molecule has 0 fully saturated rings. The van der Waals surface area contributed by atoms with E-state index in [1.807, 2.05) is 32.9 Å². The largest absolute Gasteiger partial charge is 0.350 e. The van der Waals surface area contributed by atoms with Crippen molar-refractivity contribution in [3.8, 4) is 0 Å². The standard InChI is InChI=1S/C9H12N2O.C2H6.H2/c1-7(11-8(2)12)9-4-3-5-10-6-9;1-2;/h3-7H,1-2H3,(H,11,12);1-2H3;1H/t7-;;/m1../s1. The number of nitrogens with zero attached hydrogens (tertiary/aromatic N) is 1. The first-order valence-electron chi connectivity index (χ1n) is 4.87. The molecule has 0 saturated heterocycles. The maximum Gasteiger partial charge on any atom is 0.217 e. The topological polar surface area (TPSA) is 42.0 Å². The summed E-state index contributed by atoms with van der Waals surface area (Å²) in [7, 11) is 0. The van der Waals surface area contributed by atoms with E-state index in [-0.39, 0.29) is 13.4 Å². The van der Waals surface area contributed by atoms with Gasteiger partial charge in [0.05, 0.1) is 6.04 Å². The normalized spacial score (nSPS) is 10.9. The molecule has 1 heterocycles. The highest BCUT2D eigenvalue weighted by molar-refractivity contribution is 5.73. The van der Waals surface area contributed by atoms with E-state index in [4.69, 9.17) is 0 Å². The van der Waals surface area contributed by atoms with Crippen LogP contribution in [0.3, 0.4) is 0 Å². The molecule has 0 radical (unpaired) electrons. The van der Waals surface area contributed by atoms with Gasteiger partial charge in [0, 0.05) is 20.7 Å². The van der Waals surface area contributed by atoms with Gasteiger partial charge < -0.3 is 5.32 Å². The van der Waals surface area contributed by atoms with Crippen molar-refractivity contribution < 1.29 is 6.22 Å². The summed E-state index contributed by atoms with van der Waals surface area (Å²) < 4.78 is 0. The van der Waals surface area contributed by atoms with Gasteiger partial charge >= 0.3 is 0 Å². The van der Waals surface area contributed by atoms with Gasteiger partial charge in [-0.05, 0) is 18.6 Å². The highest BCUT2D eigenvalue weighted by Crippen LogP contribution is 2.08. The van der Waals surface area contributed by atoms with E-state index in [1.54, 1.807) is 12.4 Å². The van der Waals surface area contributed by atoms with Crippen LogP contribution in [0.25, 0.3) is 0 Å². The molecule has 0 aliphatic heterocycles. The fourth-order valence-electron chi connectivity index (χ4n) is 1.02. The zero-order chi connectivity index (χ0) is 11.0. The molecule has 0 saturated carbocycles. The van der Waals surface area contributed by atoms with Gasteiger partial charge in [0.25, 0.3) is 0 Å². The predicted molar refractivity (Wildman–Crippen MR) is 59.9 cm³/mol. The number of rotatable bonds is 2. The summed E-state index contributed by atoms with van der Waals surface area (Å²) in [6.45, 7) is 7.44. The Morgan fingerprint density at radius 1 is 1.57 bits per heavy atom. The van der Waals surface area contributed by atoms with Crippen LogP contribution in [-0.2, 0) is 4.79 Å². The van der Waals surface area contributed by atoms with Crippen molar-refractivity contribution in [3.63, 3.8) is 0 Å². The van der Waals surface area contributed by atoms with Gasteiger partial charge in [-0.3, -0.25) is 9.78 Å². The number of carbonyl (C=O) groups excluding carboxylic acids is 1. The first kappa shape index (κ1) is 12.6. The zero-order valence-corrected chi connectivity index (χ0v) is 9.24. The van der Waals surface area contributed by atoms with Gasteiger partial charge in [-0.15, -0.1) is 0 Å². The number of nitrogens with one attached hydrogen (secondary N) is 1. The van der Waals surface area contributed by atoms with Crippen LogP contribution in [0.15, 0.2) is 24.5 Å². The second-order valence-corrected chi connectivity index (χ2v) is 2.71. The molecule has 80 valence electrons. The Morgan fingerprint density at radius 3 is 2.64 bits per heavy atom. The Kier molecular flexibility index (Phi) is 6.37.